The highest BCUT2D eigenvalue weighted by atomic mass is 16.7. The second kappa shape index (κ2) is 8.95. The Morgan fingerprint density at radius 1 is 1.07 bits per heavy atom. The number of nitrogens with one attached hydrogen (secondary N) is 1. The average Bonchev–Trinajstić information content (AvgIpc) is 3.22. The van der Waals surface area contributed by atoms with E-state index in [1.54, 1.807) is 0 Å². The third-order valence-electron chi connectivity index (χ3n) is 4.92. The number of carbonyl (C=O) groups excluding carboxylic acids is 1. The van der Waals surface area contributed by atoms with Crippen molar-refractivity contribution in [3.63, 3.8) is 0 Å². The zero-order valence-corrected chi connectivity index (χ0v) is 15.6. The van der Waals surface area contributed by atoms with Crippen LogP contribution >= 0.6 is 0 Å². The van der Waals surface area contributed by atoms with E-state index < -0.39 is 6.09 Å². The van der Waals surface area contributed by atoms with Crippen LogP contribution < -0.4 is 14.8 Å². The summed E-state index contributed by atoms with van der Waals surface area (Å²) in [5.41, 5.74) is 2.02. The molecule has 1 N–H and O–H groups in total. The molecular weight excluding hydrogens is 360 g/mol. The van der Waals surface area contributed by atoms with Gasteiger partial charge in [-0.2, -0.15) is 0 Å². The van der Waals surface area contributed by atoms with Crippen molar-refractivity contribution in [1.82, 2.24) is 10.2 Å². The highest BCUT2D eigenvalue weighted by Crippen LogP contribution is 2.35. The molecule has 0 spiro atoms. The summed E-state index contributed by atoms with van der Waals surface area (Å²) in [5, 5.41) is 2.90. The lowest BCUT2D eigenvalue weighted by Gasteiger charge is -2.34. The van der Waals surface area contributed by atoms with Gasteiger partial charge >= 0.3 is 6.09 Å². The third-order valence-corrected chi connectivity index (χ3v) is 4.92. The Hall–Kier alpha value is -2.77. The fourth-order valence-corrected chi connectivity index (χ4v) is 3.42. The summed E-state index contributed by atoms with van der Waals surface area (Å²) in [5.74, 6) is 1.49. The first-order valence-electron chi connectivity index (χ1n) is 9.45. The minimum Gasteiger partial charge on any atom is -0.454 e. The van der Waals surface area contributed by atoms with E-state index in [1.807, 2.05) is 48.5 Å². The van der Waals surface area contributed by atoms with Gasteiger partial charge in [-0.3, -0.25) is 4.90 Å². The van der Waals surface area contributed by atoms with Crippen LogP contribution in [0.25, 0.3) is 0 Å². The summed E-state index contributed by atoms with van der Waals surface area (Å²) in [4.78, 5) is 14.5. The lowest BCUT2D eigenvalue weighted by atomic mass is 10.0. The highest BCUT2D eigenvalue weighted by molar-refractivity contribution is 5.67. The summed E-state index contributed by atoms with van der Waals surface area (Å²) in [6.45, 7) is 3.90. The summed E-state index contributed by atoms with van der Waals surface area (Å²) in [6.07, 6.45) is -0.428. The molecule has 4 rings (SSSR count). The molecule has 1 atom stereocenters. The lowest BCUT2D eigenvalue weighted by molar-refractivity contribution is 0.0159. The van der Waals surface area contributed by atoms with Crippen LogP contribution in [0.5, 0.6) is 11.5 Å². The number of alkyl carbamates (subject to hydrolysis) is 1. The number of morpholine rings is 1. The molecule has 0 saturated carbocycles. The second-order valence-electron chi connectivity index (χ2n) is 6.72. The Bertz CT molecular complexity index is 793. The maximum atomic E-state index is 12.2. The molecule has 2 aliphatic heterocycles. The first-order chi connectivity index (χ1) is 13.8. The Balaban J connectivity index is 1.40. The van der Waals surface area contributed by atoms with Crippen molar-refractivity contribution in [2.45, 2.75) is 12.6 Å². The number of carbonyl (C=O) groups is 1. The maximum Gasteiger partial charge on any atom is 0.407 e. The van der Waals surface area contributed by atoms with Gasteiger partial charge < -0.3 is 24.3 Å². The van der Waals surface area contributed by atoms with Crippen LogP contribution in [0.15, 0.2) is 48.5 Å². The number of hydrogen-bond acceptors (Lipinski definition) is 6. The molecule has 1 saturated heterocycles. The number of ether oxygens (including phenoxy) is 4. The molecule has 0 aliphatic carbocycles. The fourth-order valence-electron chi connectivity index (χ4n) is 3.42. The van der Waals surface area contributed by atoms with Crippen molar-refractivity contribution in [3.05, 3.63) is 59.7 Å². The first-order valence-corrected chi connectivity index (χ1v) is 9.45. The quantitative estimate of drug-likeness (QED) is 0.826. The average molecular weight is 384 g/mol. The molecule has 7 heteroatoms. The smallest absolute Gasteiger partial charge is 0.407 e. The molecule has 0 bridgehead atoms. The molecule has 1 amide bonds. The van der Waals surface area contributed by atoms with E-state index in [4.69, 9.17) is 18.9 Å². The monoisotopic (exact) mass is 384 g/mol. The van der Waals surface area contributed by atoms with Crippen LogP contribution in [0.1, 0.15) is 17.2 Å². The van der Waals surface area contributed by atoms with E-state index in [-0.39, 0.29) is 19.4 Å². The second-order valence-corrected chi connectivity index (χ2v) is 6.72. The van der Waals surface area contributed by atoms with Crippen molar-refractivity contribution in [3.8, 4) is 11.5 Å². The number of hydrogen-bond donors (Lipinski definition) is 1. The van der Waals surface area contributed by atoms with Crippen LogP contribution in [0, 0.1) is 0 Å². The van der Waals surface area contributed by atoms with E-state index >= 15 is 0 Å². The molecular formula is C21H24N2O5. The Labute approximate surface area is 164 Å². The van der Waals surface area contributed by atoms with E-state index in [9.17, 15) is 4.79 Å². The standard InChI is InChI=1S/C21H24N2O5/c24-21(26-14-16-4-2-1-3-5-16)22-13-18(23-8-10-25-11-9-23)17-6-7-19-20(12-17)28-15-27-19/h1-7,12,18H,8-11,13-15H2,(H,22,24). The SMILES string of the molecule is O=C(NCC(c1ccc2c(c1)OCO2)N1CCOCC1)OCc1ccccc1. The van der Waals surface area contributed by atoms with Crippen molar-refractivity contribution in [1.29, 1.82) is 0 Å². The zero-order chi connectivity index (χ0) is 19.2. The molecule has 0 radical (unpaired) electrons. The number of rotatable bonds is 6. The summed E-state index contributed by atoms with van der Waals surface area (Å²) in [7, 11) is 0. The van der Waals surface area contributed by atoms with Gasteiger partial charge in [0.25, 0.3) is 0 Å². The van der Waals surface area contributed by atoms with Crippen LogP contribution in [-0.2, 0) is 16.1 Å². The van der Waals surface area contributed by atoms with Gasteiger partial charge in [-0.1, -0.05) is 36.4 Å². The normalized spacial score (nSPS) is 17.1. The van der Waals surface area contributed by atoms with E-state index in [1.165, 1.54) is 0 Å². The minimum absolute atomic E-state index is 0.00248. The van der Waals surface area contributed by atoms with E-state index in [2.05, 4.69) is 10.2 Å². The molecule has 2 heterocycles. The Kier molecular flexibility index (Phi) is 5.94. The number of nitrogens with zero attached hydrogens (tertiary/aromatic N) is 1. The molecule has 2 aromatic carbocycles. The predicted molar refractivity (Wildman–Crippen MR) is 102 cm³/mol. The molecule has 28 heavy (non-hydrogen) atoms. The molecule has 1 unspecified atom stereocenters. The molecule has 148 valence electrons. The van der Waals surface area contributed by atoms with Crippen molar-refractivity contribution in [2.24, 2.45) is 0 Å². The van der Waals surface area contributed by atoms with Gasteiger partial charge in [-0.15, -0.1) is 0 Å². The van der Waals surface area contributed by atoms with Crippen LogP contribution in [0.3, 0.4) is 0 Å². The van der Waals surface area contributed by atoms with E-state index in [0.29, 0.717) is 19.8 Å². The van der Waals surface area contributed by atoms with Crippen LogP contribution in [-0.4, -0.2) is 50.6 Å². The number of fused-ring (bicyclic) bond motifs is 1. The Morgan fingerprint density at radius 3 is 2.68 bits per heavy atom. The topological polar surface area (TPSA) is 69.3 Å². The molecule has 7 nitrogen and oxygen atoms in total. The summed E-state index contributed by atoms with van der Waals surface area (Å²) in [6, 6.07) is 15.6. The van der Waals surface area contributed by atoms with Gasteiger partial charge in [0, 0.05) is 19.6 Å². The van der Waals surface area contributed by atoms with Gasteiger partial charge in [0.2, 0.25) is 6.79 Å². The minimum atomic E-state index is -0.428. The molecule has 2 aliphatic rings. The first kappa shape index (κ1) is 18.6. The van der Waals surface area contributed by atoms with Gasteiger partial charge in [0.1, 0.15) is 6.61 Å². The highest BCUT2D eigenvalue weighted by Gasteiger charge is 2.25. The maximum absolute atomic E-state index is 12.2. The number of amides is 1. The predicted octanol–water partition coefficient (Wildman–Crippen LogP) is 2.72. The molecule has 0 aromatic heterocycles. The van der Waals surface area contributed by atoms with Gasteiger partial charge in [-0.25, -0.2) is 4.79 Å². The molecule has 1 fully saturated rings. The van der Waals surface area contributed by atoms with Gasteiger partial charge in [0.05, 0.1) is 19.3 Å². The van der Waals surface area contributed by atoms with Crippen LogP contribution in [0.2, 0.25) is 0 Å². The summed E-state index contributed by atoms with van der Waals surface area (Å²) >= 11 is 0. The van der Waals surface area contributed by atoms with Gasteiger partial charge in [-0.05, 0) is 23.3 Å². The van der Waals surface area contributed by atoms with Crippen molar-refractivity contribution < 1.29 is 23.7 Å². The van der Waals surface area contributed by atoms with Gasteiger partial charge in [0.15, 0.2) is 11.5 Å². The Morgan fingerprint density at radius 2 is 1.86 bits per heavy atom. The van der Waals surface area contributed by atoms with E-state index in [0.717, 1.165) is 35.7 Å². The molecule has 2 aromatic rings. The fraction of sp³-hybridized carbons (Fsp3) is 0.381. The third kappa shape index (κ3) is 4.55. The zero-order valence-electron chi connectivity index (χ0n) is 15.6. The number of benzene rings is 2. The lowest BCUT2D eigenvalue weighted by Crippen LogP contribution is -2.43. The largest absolute Gasteiger partial charge is 0.454 e. The van der Waals surface area contributed by atoms with Crippen molar-refractivity contribution >= 4 is 6.09 Å². The summed E-state index contributed by atoms with van der Waals surface area (Å²) < 4.78 is 21.7. The van der Waals surface area contributed by atoms with Crippen LogP contribution in [0.4, 0.5) is 4.79 Å². The van der Waals surface area contributed by atoms with Crippen molar-refractivity contribution in [2.75, 3.05) is 39.6 Å².